The van der Waals surface area contributed by atoms with Gasteiger partial charge in [-0.25, -0.2) is 0 Å². The van der Waals surface area contributed by atoms with Gasteiger partial charge in [0.1, 0.15) is 0 Å². The second-order valence-corrected chi connectivity index (χ2v) is 5.26. The molecule has 0 bridgehead atoms. The van der Waals surface area contributed by atoms with Crippen LogP contribution in [0.2, 0.25) is 0 Å². The smallest absolute Gasteiger partial charge is 0.0544 e. The van der Waals surface area contributed by atoms with E-state index in [4.69, 9.17) is 0 Å². The van der Waals surface area contributed by atoms with Crippen molar-refractivity contribution in [3.05, 3.63) is 24.0 Å². The molecule has 2 atom stereocenters. The predicted molar refractivity (Wildman–Crippen MR) is 71.7 cm³/mol. The van der Waals surface area contributed by atoms with Crippen molar-refractivity contribution in [1.29, 1.82) is 0 Å². The molecule has 2 unspecified atom stereocenters. The van der Waals surface area contributed by atoms with Gasteiger partial charge in [0.15, 0.2) is 0 Å². The van der Waals surface area contributed by atoms with Crippen LogP contribution in [0.3, 0.4) is 0 Å². The Kier molecular flexibility index (Phi) is 6.12. The van der Waals surface area contributed by atoms with E-state index < -0.39 is 0 Å². The average Bonchev–Trinajstić information content (AvgIpc) is 2.28. The monoisotopic (exact) mass is 235 g/mol. The molecule has 0 saturated carbocycles. The van der Waals surface area contributed by atoms with E-state index in [-0.39, 0.29) is 0 Å². The van der Waals surface area contributed by atoms with Crippen LogP contribution < -0.4 is 5.32 Å². The maximum absolute atomic E-state index is 3.97. The molecule has 1 heterocycles. The lowest BCUT2D eigenvalue weighted by Gasteiger charge is -2.22. The highest BCUT2D eigenvalue weighted by molar-refractivity contribution is 5.11. The number of aromatic nitrogens is 2. The predicted octanol–water partition coefficient (Wildman–Crippen LogP) is 3.20. The maximum Gasteiger partial charge on any atom is 0.0544 e. The molecule has 3 heteroatoms. The third kappa shape index (κ3) is 5.26. The molecule has 17 heavy (non-hydrogen) atoms. The summed E-state index contributed by atoms with van der Waals surface area (Å²) in [7, 11) is 0. The molecule has 1 rings (SSSR count). The molecule has 0 aliphatic carbocycles. The van der Waals surface area contributed by atoms with E-state index in [1.54, 1.807) is 6.20 Å². The van der Waals surface area contributed by atoms with E-state index in [0.717, 1.165) is 24.8 Å². The van der Waals surface area contributed by atoms with E-state index in [1.807, 2.05) is 6.20 Å². The quantitative estimate of drug-likeness (QED) is 0.788. The van der Waals surface area contributed by atoms with Crippen LogP contribution in [0, 0.1) is 11.8 Å². The van der Waals surface area contributed by atoms with Crippen LogP contribution in [-0.2, 0) is 0 Å². The van der Waals surface area contributed by atoms with Crippen LogP contribution in [0.5, 0.6) is 0 Å². The molecule has 96 valence electrons. The molecular formula is C14H25N3. The Morgan fingerprint density at radius 1 is 1.18 bits per heavy atom. The van der Waals surface area contributed by atoms with Crippen LogP contribution >= 0.6 is 0 Å². The van der Waals surface area contributed by atoms with Crippen LogP contribution in [0.15, 0.2) is 18.5 Å². The fourth-order valence-corrected chi connectivity index (χ4v) is 2.39. The molecule has 0 amide bonds. The molecule has 1 aromatic rings. The molecular weight excluding hydrogens is 210 g/mol. The van der Waals surface area contributed by atoms with Crippen molar-refractivity contribution >= 4 is 0 Å². The Morgan fingerprint density at radius 2 is 1.94 bits per heavy atom. The highest BCUT2D eigenvalue weighted by Crippen LogP contribution is 2.24. The van der Waals surface area contributed by atoms with Crippen molar-refractivity contribution in [2.75, 3.05) is 6.54 Å². The van der Waals surface area contributed by atoms with Gasteiger partial charge in [-0.1, -0.05) is 27.7 Å². The third-order valence-corrected chi connectivity index (χ3v) is 2.97. The number of hydrogen-bond acceptors (Lipinski definition) is 3. The summed E-state index contributed by atoms with van der Waals surface area (Å²) in [6.45, 7) is 10.0. The van der Waals surface area contributed by atoms with Gasteiger partial charge in [0, 0.05) is 12.2 Å². The van der Waals surface area contributed by atoms with Gasteiger partial charge in [-0.3, -0.25) is 0 Å². The highest BCUT2D eigenvalue weighted by Gasteiger charge is 2.15. The summed E-state index contributed by atoms with van der Waals surface area (Å²) in [5.41, 5.74) is 1.25. The largest absolute Gasteiger partial charge is 0.310 e. The van der Waals surface area contributed by atoms with Gasteiger partial charge < -0.3 is 5.32 Å². The summed E-state index contributed by atoms with van der Waals surface area (Å²) >= 11 is 0. The van der Waals surface area contributed by atoms with E-state index in [9.17, 15) is 0 Å². The molecule has 0 fully saturated rings. The van der Waals surface area contributed by atoms with Gasteiger partial charge >= 0.3 is 0 Å². The fraction of sp³-hybridized carbons (Fsp3) is 0.714. The second-order valence-electron chi connectivity index (χ2n) is 5.26. The molecule has 0 saturated heterocycles. The standard InChI is InChI=1S/C14H25N3/c1-5-15-14(9-12(4)8-11(2)3)13-6-7-16-17-10-13/h6-7,10-12,14-15H,5,8-9H2,1-4H3. The molecule has 3 nitrogen and oxygen atoms in total. The molecule has 0 aliphatic rings. The summed E-state index contributed by atoms with van der Waals surface area (Å²) in [6, 6.07) is 2.46. The third-order valence-electron chi connectivity index (χ3n) is 2.97. The van der Waals surface area contributed by atoms with E-state index in [2.05, 4.69) is 49.3 Å². The maximum atomic E-state index is 3.97. The fourth-order valence-electron chi connectivity index (χ4n) is 2.39. The van der Waals surface area contributed by atoms with E-state index in [1.165, 1.54) is 12.0 Å². The van der Waals surface area contributed by atoms with Crippen LogP contribution in [0.4, 0.5) is 0 Å². The Morgan fingerprint density at radius 3 is 2.47 bits per heavy atom. The normalized spacial score (nSPS) is 14.9. The number of hydrogen-bond donors (Lipinski definition) is 1. The van der Waals surface area contributed by atoms with E-state index >= 15 is 0 Å². The van der Waals surface area contributed by atoms with Crippen LogP contribution in [-0.4, -0.2) is 16.7 Å². The van der Waals surface area contributed by atoms with Crippen molar-refractivity contribution < 1.29 is 0 Å². The molecule has 0 spiro atoms. The lowest BCUT2D eigenvalue weighted by Crippen LogP contribution is -2.23. The molecule has 1 N–H and O–H groups in total. The van der Waals surface area contributed by atoms with Gasteiger partial charge in [-0.05, 0) is 42.9 Å². The minimum atomic E-state index is 0.407. The Labute approximate surface area is 105 Å². The van der Waals surface area contributed by atoms with Crippen LogP contribution in [0.25, 0.3) is 0 Å². The summed E-state index contributed by atoms with van der Waals surface area (Å²) in [5, 5.41) is 11.3. The minimum Gasteiger partial charge on any atom is -0.310 e. The molecule has 0 aliphatic heterocycles. The molecule has 0 radical (unpaired) electrons. The Bertz CT molecular complexity index is 298. The summed E-state index contributed by atoms with van der Waals surface area (Å²) in [6.07, 6.45) is 6.08. The summed E-state index contributed by atoms with van der Waals surface area (Å²) in [4.78, 5) is 0. The lowest BCUT2D eigenvalue weighted by atomic mass is 9.90. The first kappa shape index (κ1) is 14.1. The van der Waals surface area contributed by atoms with Crippen molar-refractivity contribution in [1.82, 2.24) is 15.5 Å². The van der Waals surface area contributed by atoms with Crippen molar-refractivity contribution in [2.24, 2.45) is 11.8 Å². The SMILES string of the molecule is CCNC(CC(C)CC(C)C)c1ccnnc1. The summed E-state index contributed by atoms with van der Waals surface area (Å²) < 4.78 is 0. The second kappa shape index (κ2) is 7.38. The number of nitrogens with one attached hydrogen (secondary N) is 1. The van der Waals surface area contributed by atoms with Gasteiger partial charge in [-0.2, -0.15) is 10.2 Å². The first-order chi connectivity index (χ1) is 8.13. The summed E-state index contributed by atoms with van der Waals surface area (Å²) in [5.74, 6) is 1.50. The first-order valence-corrected chi connectivity index (χ1v) is 6.63. The van der Waals surface area contributed by atoms with Crippen molar-refractivity contribution in [3.8, 4) is 0 Å². The number of rotatable bonds is 7. The van der Waals surface area contributed by atoms with Crippen molar-refractivity contribution in [3.63, 3.8) is 0 Å². The van der Waals surface area contributed by atoms with Gasteiger partial charge in [0.2, 0.25) is 0 Å². The topological polar surface area (TPSA) is 37.8 Å². The van der Waals surface area contributed by atoms with E-state index in [0.29, 0.717) is 6.04 Å². The van der Waals surface area contributed by atoms with Crippen molar-refractivity contribution in [2.45, 2.75) is 46.6 Å². The zero-order valence-corrected chi connectivity index (χ0v) is 11.5. The zero-order chi connectivity index (χ0) is 12.7. The van der Waals surface area contributed by atoms with Crippen LogP contribution in [0.1, 0.15) is 52.1 Å². The first-order valence-electron chi connectivity index (χ1n) is 6.63. The molecule has 0 aromatic carbocycles. The lowest BCUT2D eigenvalue weighted by molar-refractivity contribution is 0.359. The van der Waals surface area contributed by atoms with Gasteiger partial charge in [0.25, 0.3) is 0 Å². The Hall–Kier alpha value is -0.960. The molecule has 1 aromatic heterocycles. The van der Waals surface area contributed by atoms with Gasteiger partial charge in [0.05, 0.1) is 6.20 Å². The Balaban J connectivity index is 2.60. The minimum absolute atomic E-state index is 0.407. The number of nitrogens with zero attached hydrogens (tertiary/aromatic N) is 2. The highest BCUT2D eigenvalue weighted by atomic mass is 15.1. The van der Waals surface area contributed by atoms with Gasteiger partial charge in [-0.15, -0.1) is 0 Å². The zero-order valence-electron chi connectivity index (χ0n) is 11.5. The average molecular weight is 235 g/mol.